The number of rotatable bonds is 4. The third kappa shape index (κ3) is 5.27. The maximum absolute atomic E-state index is 11.8. The minimum absolute atomic E-state index is 0.189. The average Bonchev–Trinajstić information content (AvgIpc) is 2.40. The number of hydrogen-bond acceptors (Lipinski definition) is 3. The van der Waals surface area contributed by atoms with Crippen molar-refractivity contribution < 1.29 is 9.90 Å². The lowest BCUT2D eigenvalue weighted by Crippen LogP contribution is -2.43. The van der Waals surface area contributed by atoms with Crippen LogP contribution in [0.1, 0.15) is 20.3 Å². The molecule has 21 heavy (non-hydrogen) atoms. The normalized spacial score (nSPS) is 22.8. The van der Waals surface area contributed by atoms with Crippen molar-refractivity contribution in [3.05, 3.63) is 24.3 Å². The average molecular weight is 291 g/mol. The predicted octanol–water partition coefficient (Wildman–Crippen LogP) is 2.49. The van der Waals surface area contributed by atoms with Crippen LogP contribution in [0.25, 0.3) is 0 Å². The van der Waals surface area contributed by atoms with E-state index in [1.165, 1.54) is 6.42 Å². The third-order valence-electron chi connectivity index (χ3n) is 3.78. The molecule has 1 aromatic rings. The van der Waals surface area contributed by atoms with Gasteiger partial charge in [0.2, 0.25) is 0 Å². The molecule has 1 aromatic carbocycles. The maximum atomic E-state index is 11.8. The minimum atomic E-state index is -0.209. The summed E-state index contributed by atoms with van der Waals surface area (Å²) in [5.74, 6) is 1.66. The Morgan fingerprint density at radius 1 is 1.24 bits per heavy atom. The fourth-order valence-electron chi connectivity index (χ4n) is 3.02. The van der Waals surface area contributed by atoms with Gasteiger partial charge in [-0.2, -0.15) is 0 Å². The van der Waals surface area contributed by atoms with Crippen molar-refractivity contribution in [2.75, 3.05) is 31.5 Å². The van der Waals surface area contributed by atoms with Gasteiger partial charge >= 0.3 is 6.03 Å². The number of nitrogens with zero attached hydrogens (tertiary/aromatic N) is 1. The summed E-state index contributed by atoms with van der Waals surface area (Å²) in [6.07, 6.45) is 1.30. The number of amides is 2. The molecule has 5 nitrogen and oxygen atoms in total. The fourth-order valence-corrected chi connectivity index (χ4v) is 3.02. The molecule has 2 amide bonds. The van der Waals surface area contributed by atoms with Crippen LogP contribution < -0.4 is 10.6 Å². The van der Waals surface area contributed by atoms with E-state index in [4.69, 9.17) is 0 Å². The molecule has 1 aliphatic rings. The lowest BCUT2D eigenvalue weighted by Gasteiger charge is -2.34. The third-order valence-corrected chi connectivity index (χ3v) is 3.78. The van der Waals surface area contributed by atoms with E-state index in [1.54, 1.807) is 24.3 Å². The number of benzene rings is 1. The molecule has 116 valence electrons. The second kappa shape index (κ2) is 7.31. The van der Waals surface area contributed by atoms with Gasteiger partial charge in [0.25, 0.3) is 0 Å². The first kappa shape index (κ1) is 15.6. The molecule has 0 radical (unpaired) electrons. The zero-order valence-electron chi connectivity index (χ0n) is 12.8. The number of hydrogen-bond donors (Lipinski definition) is 3. The van der Waals surface area contributed by atoms with Crippen LogP contribution in [0, 0.1) is 11.8 Å². The molecule has 0 bridgehead atoms. The van der Waals surface area contributed by atoms with E-state index in [-0.39, 0.29) is 11.8 Å². The van der Waals surface area contributed by atoms with Crippen molar-refractivity contribution in [2.45, 2.75) is 20.3 Å². The molecular weight excluding hydrogens is 266 g/mol. The van der Waals surface area contributed by atoms with E-state index in [0.717, 1.165) is 31.5 Å². The Labute approximate surface area is 126 Å². The standard InChI is InChI=1S/C16H25N3O2/c1-12-9-13(2)11-19(10-12)8-7-17-16(21)18-14-3-5-15(20)6-4-14/h3-6,12-13,20H,7-11H2,1-2H3,(H2,17,18,21). The van der Waals surface area contributed by atoms with Gasteiger partial charge in [0.05, 0.1) is 0 Å². The van der Waals surface area contributed by atoms with Gasteiger partial charge in [-0.1, -0.05) is 13.8 Å². The number of likely N-dealkylation sites (tertiary alicyclic amines) is 1. The molecule has 1 aliphatic heterocycles. The van der Waals surface area contributed by atoms with Gasteiger partial charge in [0.15, 0.2) is 0 Å². The number of carbonyl (C=O) groups is 1. The molecule has 0 aromatic heterocycles. The Balaban J connectivity index is 1.68. The van der Waals surface area contributed by atoms with Crippen LogP contribution in [0.4, 0.5) is 10.5 Å². The quantitative estimate of drug-likeness (QED) is 0.747. The minimum Gasteiger partial charge on any atom is -0.508 e. The summed E-state index contributed by atoms with van der Waals surface area (Å²) in [4.78, 5) is 14.2. The topological polar surface area (TPSA) is 64.6 Å². The smallest absolute Gasteiger partial charge is 0.319 e. The molecule has 5 heteroatoms. The molecule has 1 fully saturated rings. The summed E-state index contributed by atoms with van der Waals surface area (Å²) in [5, 5.41) is 14.8. The molecule has 0 aliphatic carbocycles. The van der Waals surface area contributed by atoms with Gasteiger partial charge in [-0.3, -0.25) is 0 Å². The van der Waals surface area contributed by atoms with E-state index in [9.17, 15) is 9.90 Å². The van der Waals surface area contributed by atoms with Crippen LogP contribution >= 0.6 is 0 Å². The van der Waals surface area contributed by atoms with Crippen molar-refractivity contribution in [2.24, 2.45) is 11.8 Å². The van der Waals surface area contributed by atoms with Crippen LogP contribution in [0.15, 0.2) is 24.3 Å². The van der Waals surface area contributed by atoms with E-state index in [1.807, 2.05) is 0 Å². The Morgan fingerprint density at radius 2 is 1.86 bits per heavy atom. The van der Waals surface area contributed by atoms with E-state index < -0.39 is 0 Å². The first-order valence-corrected chi connectivity index (χ1v) is 7.59. The summed E-state index contributed by atoms with van der Waals surface area (Å²) < 4.78 is 0. The highest BCUT2D eigenvalue weighted by atomic mass is 16.3. The molecule has 3 N–H and O–H groups in total. The molecule has 2 rings (SSSR count). The number of phenolic OH excluding ortho intramolecular Hbond substituents is 1. The highest BCUT2D eigenvalue weighted by Gasteiger charge is 2.21. The number of urea groups is 1. The van der Waals surface area contributed by atoms with Crippen LogP contribution in [0.3, 0.4) is 0 Å². The molecule has 1 saturated heterocycles. The fraction of sp³-hybridized carbons (Fsp3) is 0.562. The molecule has 0 saturated carbocycles. The second-order valence-corrected chi connectivity index (χ2v) is 6.13. The van der Waals surface area contributed by atoms with Crippen molar-refractivity contribution in [1.82, 2.24) is 10.2 Å². The van der Waals surface area contributed by atoms with Gasteiger partial charge in [-0.05, 0) is 42.5 Å². The van der Waals surface area contributed by atoms with Crippen molar-refractivity contribution in [3.8, 4) is 5.75 Å². The summed E-state index contributed by atoms with van der Waals surface area (Å²) in [6.45, 7) is 8.33. The number of aromatic hydroxyl groups is 1. The number of piperidine rings is 1. The van der Waals surface area contributed by atoms with Gasteiger partial charge in [-0.25, -0.2) is 4.79 Å². The zero-order valence-corrected chi connectivity index (χ0v) is 12.8. The molecule has 2 unspecified atom stereocenters. The summed E-state index contributed by atoms with van der Waals surface area (Å²) in [7, 11) is 0. The van der Waals surface area contributed by atoms with Crippen LogP contribution in [-0.4, -0.2) is 42.2 Å². The molecule has 2 atom stereocenters. The molecular formula is C16H25N3O2. The SMILES string of the molecule is CC1CC(C)CN(CCNC(=O)Nc2ccc(O)cc2)C1. The molecule has 0 spiro atoms. The van der Waals surface area contributed by atoms with Gasteiger partial charge in [0, 0.05) is 31.9 Å². The zero-order chi connectivity index (χ0) is 15.2. The van der Waals surface area contributed by atoms with Gasteiger partial charge in [0.1, 0.15) is 5.75 Å². The summed E-state index contributed by atoms with van der Waals surface area (Å²) >= 11 is 0. The van der Waals surface area contributed by atoms with E-state index >= 15 is 0 Å². The predicted molar refractivity (Wildman–Crippen MR) is 84.5 cm³/mol. The number of nitrogens with one attached hydrogen (secondary N) is 2. The van der Waals surface area contributed by atoms with Gasteiger partial charge < -0.3 is 20.6 Å². The van der Waals surface area contributed by atoms with Crippen molar-refractivity contribution in [1.29, 1.82) is 0 Å². The first-order valence-electron chi connectivity index (χ1n) is 7.59. The highest BCUT2D eigenvalue weighted by molar-refractivity contribution is 5.89. The first-order chi connectivity index (χ1) is 10.0. The van der Waals surface area contributed by atoms with Crippen molar-refractivity contribution in [3.63, 3.8) is 0 Å². The summed E-state index contributed by atoms with van der Waals surface area (Å²) in [5.41, 5.74) is 0.672. The second-order valence-electron chi connectivity index (χ2n) is 6.13. The van der Waals surface area contributed by atoms with Crippen LogP contribution in [0.5, 0.6) is 5.75 Å². The number of phenols is 1. The summed E-state index contributed by atoms with van der Waals surface area (Å²) in [6, 6.07) is 6.23. The van der Waals surface area contributed by atoms with E-state index in [2.05, 4.69) is 29.4 Å². The lowest BCUT2D eigenvalue weighted by molar-refractivity contribution is 0.142. The maximum Gasteiger partial charge on any atom is 0.319 e. The van der Waals surface area contributed by atoms with E-state index in [0.29, 0.717) is 12.2 Å². The molecule has 1 heterocycles. The Hall–Kier alpha value is -1.75. The number of anilines is 1. The lowest BCUT2D eigenvalue weighted by atomic mass is 9.92. The van der Waals surface area contributed by atoms with Gasteiger partial charge in [-0.15, -0.1) is 0 Å². The largest absolute Gasteiger partial charge is 0.508 e. The Kier molecular flexibility index (Phi) is 5.44. The number of carbonyl (C=O) groups excluding carboxylic acids is 1. The van der Waals surface area contributed by atoms with Crippen molar-refractivity contribution >= 4 is 11.7 Å². The van der Waals surface area contributed by atoms with Crippen LogP contribution in [0.2, 0.25) is 0 Å². The highest BCUT2D eigenvalue weighted by Crippen LogP contribution is 2.20. The van der Waals surface area contributed by atoms with Crippen LogP contribution in [-0.2, 0) is 0 Å². The Bertz CT molecular complexity index is 451. The monoisotopic (exact) mass is 291 g/mol. The Morgan fingerprint density at radius 3 is 2.48 bits per heavy atom.